The van der Waals surface area contributed by atoms with Crippen molar-refractivity contribution < 1.29 is 19.0 Å². The van der Waals surface area contributed by atoms with E-state index in [0.29, 0.717) is 36.9 Å². The first-order chi connectivity index (χ1) is 9.22. The van der Waals surface area contributed by atoms with E-state index in [2.05, 4.69) is 0 Å². The lowest BCUT2D eigenvalue weighted by atomic mass is 10.2. The monoisotopic (exact) mass is 266 g/mol. The van der Waals surface area contributed by atoms with Gasteiger partial charge in [0.15, 0.2) is 0 Å². The van der Waals surface area contributed by atoms with E-state index in [1.54, 1.807) is 19.1 Å². The van der Waals surface area contributed by atoms with E-state index >= 15 is 0 Å². The largest absolute Gasteiger partial charge is 0.494 e. The van der Waals surface area contributed by atoms with Gasteiger partial charge >= 0.3 is 5.97 Å². The Bertz CT molecular complexity index is 401. The Labute approximate surface area is 114 Å². The van der Waals surface area contributed by atoms with Gasteiger partial charge in [-0.1, -0.05) is 13.8 Å². The minimum atomic E-state index is -0.379. The summed E-state index contributed by atoms with van der Waals surface area (Å²) in [5.74, 6) is 0.827. The van der Waals surface area contributed by atoms with Crippen LogP contribution in [0.5, 0.6) is 11.5 Å². The second-order valence-electron chi connectivity index (χ2n) is 4.08. The maximum Gasteiger partial charge on any atom is 0.342 e. The summed E-state index contributed by atoms with van der Waals surface area (Å²) < 4.78 is 16.1. The van der Waals surface area contributed by atoms with Gasteiger partial charge in [-0.05, 0) is 38.0 Å². The summed E-state index contributed by atoms with van der Waals surface area (Å²) in [6, 6.07) is 5.24. The van der Waals surface area contributed by atoms with Gasteiger partial charge in [-0.2, -0.15) is 0 Å². The molecule has 0 aromatic heterocycles. The third kappa shape index (κ3) is 4.81. The molecule has 0 N–H and O–H groups in total. The van der Waals surface area contributed by atoms with E-state index in [0.717, 1.165) is 12.8 Å². The standard InChI is InChI=1S/C15H22O4/c1-4-9-18-12-7-8-14(19-10-5-2)13(11-12)15(16)17-6-3/h7-8,11H,4-6,9-10H2,1-3H3. The van der Waals surface area contributed by atoms with Gasteiger partial charge in [0.2, 0.25) is 0 Å². The first kappa shape index (κ1) is 15.3. The molecule has 0 atom stereocenters. The van der Waals surface area contributed by atoms with Crippen LogP contribution in [0.4, 0.5) is 0 Å². The zero-order valence-electron chi connectivity index (χ0n) is 11.9. The lowest BCUT2D eigenvalue weighted by Gasteiger charge is -2.12. The predicted octanol–water partition coefficient (Wildman–Crippen LogP) is 3.44. The number of benzene rings is 1. The number of carbonyl (C=O) groups is 1. The molecule has 0 amide bonds. The second-order valence-corrected chi connectivity index (χ2v) is 4.08. The van der Waals surface area contributed by atoms with Crippen molar-refractivity contribution in [1.29, 1.82) is 0 Å². The molecule has 0 aliphatic heterocycles. The van der Waals surface area contributed by atoms with Crippen molar-refractivity contribution in [3.05, 3.63) is 23.8 Å². The fourth-order valence-corrected chi connectivity index (χ4v) is 1.53. The van der Waals surface area contributed by atoms with Crippen molar-refractivity contribution in [3.63, 3.8) is 0 Å². The SMILES string of the molecule is CCCOc1ccc(OCCC)c(C(=O)OCC)c1. The van der Waals surface area contributed by atoms with Crippen molar-refractivity contribution >= 4 is 5.97 Å². The maximum atomic E-state index is 11.9. The molecule has 1 rings (SSSR count). The summed E-state index contributed by atoms with van der Waals surface area (Å²) >= 11 is 0. The molecule has 4 nitrogen and oxygen atoms in total. The molecule has 0 fully saturated rings. The molecule has 0 aliphatic rings. The molecule has 0 aliphatic carbocycles. The normalized spacial score (nSPS) is 10.1. The molecule has 1 aromatic carbocycles. The number of ether oxygens (including phenoxy) is 3. The maximum absolute atomic E-state index is 11.9. The first-order valence-electron chi connectivity index (χ1n) is 6.79. The topological polar surface area (TPSA) is 44.8 Å². The van der Waals surface area contributed by atoms with Gasteiger partial charge in [0.1, 0.15) is 17.1 Å². The highest BCUT2D eigenvalue weighted by Gasteiger charge is 2.15. The van der Waals surface area contributed by atoms with Crippen LogP contribution in [0.2, 0.25) is 0 Å². The van der Waals surface area contributed by atoms with Crippen molar-refractivity contribution in [1.82, 2.24) is 0 Å². The summed E-state index contributed by atoms with van der Waals surface area (Å²) in [4.78, 5) is 11.9. The molecule has 0 heterocycles. The second kappa shape index (κ2) is 8.40. The van der Waals surface area contributed by atoms with E-state index in [9.17, 15) is 4.79 Å². The van der Waals surface area contributed by atoms with Crippen LogP contribution in [0.25, 0.3) is 0 Å². The van der Waals surface area contributed by atoms with Crippen LogP contribution >= 0.6 is 0 Å². The molecule has 0 spiro atoms. The third-order valence-corrected chi connectivity index (χ3v) is 2.38. The highest BCUT2D eigenvalue weighted by molar-refractivity contribution is 5.93. The molecule has 0 bridgehead atoms. The Morgan fingerprint density at radius 3 is 2.37 bits per heavy atom. The quantitative estimate of drug-likeness (QED) is 0.676. The molecule has 1 aromatic rings. The Balaban J connectivity index is 2.92. The van der Waals surface area contributed by atoms with Crippen LogP contribution in [-0.4, -0.2) is 25.8 Å². The third-order valence-electron chi connectivity index (χ3n) is 2.38. The predicted molar refractivity (Wildman–Crippen MR) is 74.0 cm³/mol. The lowest BCUT2D eigenvalue weighted by Crippen LogP contribution is -2.09. The zero-order chi connectivity index (χ0) is 14.1. The summed E-state index contributed by atoms with van der Waals surface area (Å²) in [5, 5.41) is 0. The van der Waals surface area contributed by atoms with Crippen LogP contribution in [-0.2, 0) is 4.74 Å². The number of rotatable bonds is 8. The number of hydrogen-bond donors (Lipinski definition) is 0. The Morgan fingerprint density at radius 2 is 1.74 bits per heavy atom. The highest BCUT2D eigenvalue weighted by atomic mass is 16.5. The van der Waals surface area contributed by atoms with E-state index < -0.39 is 0 Å². The molecule has 0 saturated heterocycles. The van der Waals surface area contributed by atoms with Crippen LogP contribution < -0.4 is 9.47 Å². The highest BCUT2D eigenvalue weighted by Crippen LogP contribution is 2.25. The van der Waals surface area contributed by atoms with E-state index in [4.69, 9.17) is 14.2 Å². The molecule has 0 unspecified atom stereocenters. The Hall–Kier alpha value is -1.71. The van der Waals surface area contributed by atoms with Crippen molar-refractivity contribution in [3.8, 4) is 11.5 Å². The Morgan fingerprint density at radius 1 is 1.05 bits per heavy atom. The average molecular weight is 266 g/mol. The first-order valence-corrected chi connectivity index (χ1v) is 6.79. The molecule has 0 radical (unpaired) electrons. The smallest absolute Gasteiger partial charge is 0.342 e. The van der Waals surface area contributed by atoms with Crippen molar-refractivity contribution in [2.24, 2.45) is 0 Å². The molecular weight excluding hydrogens is 244 g/mol. The van der Waals surface area contributed by atoms with Gasteiger partial charge in [-0.25, -0.2) is 4.79 Å². The van der Waals surface area contributed by atoms with Crippen LogP contribution in [0.1, 0.15) is 44.0 Å². The minimum absolute atomic E-state index is 0.339. The lowest BCUT2D eigenvalue weighted by molar-refractivity contribution is 0.0521. The zero-order valence-corrected chi connectivity index (χ0v) is 11.9. The molecule has 0 saturated carbocycles. The fourth-order valence-electron chi connectivity index (χ4n) is 1.53. The van der Waals surface area contributed by atoms with Crippen LogP contribution in [0, 0.1) is 0 Å². The molecule has 106 valence electrons. The summed E-state index contributed by atoms with van der Waals surface area (Å²) in [6.45, 7) is 7.36. The molecule has 4 heteroatoms. The molecular formula is C15H22O4. The van der Waals surface area contributed by atoms with Crippen LogP contribution in [0.3, 0.4) is 0 Å². The number of hydrogen-bond acceptors (Lipinski definition) is 4. The van der Waals surface area contributed by atoms with Gasteiger partial charge in [0.05, 0.1) is 19.8 Å². The molecule has 19 heavy (non-hydrogen) atoms. The van der Waals surface area contributed by atoms with Gasteiger partial charge in [0, 0.05) is 0 Å². The minimum Gasteiger partial charge on any atom is -0.494 e. The van der Waals surface area contributed by atoms with Crippen molar-refractivity contribution in [2.75, 3.05) is 19.8 Å². The van der Waals surface area contributed by atoms with Crippen molar-refractivity contribution in [2.45, 2.75) is 33.6 Å². The van der Waals surface area contributed by atoms with E-state index in [1.165, 1.54) is 0 Å². The number of esters is 1. The summed E-state index contributed by atoms with van der Waals surface area (Å²) in [5.41, 5.74) is 0.420. The van der Waals surface area contributed by atoms with Gasteiger partial charge in [-0.3, -0.25) is 0 Å². The summed E-state index contributed by atoms with van der Waals surface area (Å²) in [6.07, 6.45) is 1.80. The Kier molecular flexibility index (Phi) is 6.79. The van der Waals surface area contributed by atoms with Gasteiger partial charge < -0.3 is 14.2 Å². The average Bonchev–Trinajstić information content (AvgIpc) is 2.43. The number of carbonyl (C=O) groups excluding carboxylic acids is 1. The van der Waals surface area contributed by atoms with Crippen LogP contribution in [0.15, 0.2) is 18.2 Å². The van der Waals surface area contributed by atoms with Gasteiger partial charge in [-0.15, -0.1) is 0 Å². The van der Waals surface area contributed by atoms with Gasteiger partial charge in [0.25, 0.3) is 0 Å². The summed E-state index contributed by atoms with van der Waals surface area (Å²) in [7, 11) is 0. The fraction of sp³-hybridized carbons (Fsp3) is 0.533. The van der Waals surface area contributed by atoms with E-state index in [-0.39, 0.29) is 5.97 Å². The van der Waals surface area contributed by atoms with E-state index in [1.807, 2.05) is 19.9 Å².